The number of benzene rings is 2. The molecule has 2 aromatic rings. The first kappa shape index (κ1) is 15.4. The summed E-state index contributed by atoms with van der Waals surface area (Å²) in [7, 11) is -3.95. The summed E-state index contributed by atoms with van der Waals surface area (Å²) in [5, 5.41) is 7.78. The molecule has 0 fully saturated rings. The number of sulfonamides is 1. The Morgan fingerprint density at radius 2 is 1.86 bits per heavy atom. The van der Waals surface area contributed by atoms with E-state index in [1.54, 1.807) is 19.1 Å². The Hall–Kier alpha value is -1.99. The number of hydrogen-bond donors (Lipinski definition) is 2. The lowest BCUT2D eigenvalue weighted by atomic mass is 10.1. The van der Waals surface area contributed by atoms with Crippen molar-refractivity contribution in [3.05, 3.63) is 59.7 Å². The molecule has 0 aliphatic heterocycles. The smallest absolute Gasteiger partial charge is 0.238 e. The highest BCUT2D eigenvalue weighted by atomic mass is 32.2. The number of nitrogens with one attached hydrogen (secondary N) is 1. The van der Waals surface area contributed by atoms with Crippen molar-refractivity contribution in [1.29, 1.82) is 0 Å². The van der Waals surface area contributed by atoms with Crippen LogP contribution in [0, 0.1) is 11.6 Å². The summed E-state index contributed by atoms with van der Waals surface area (Å²) in [4.78, 5) is -0.302. The van der Waals surface area contributed by atoms with Gasteiger partial charge in [0.1, 0.15) is 11.6 Å². The van der Waals surface area contributed by atoms with Crippen molar-refractivity contribution in [1.82, 2.24) is 0 Å². The van der Waals surface area contributed by atoms with Crippen LogP contribution in [-0.4, -0.2) is 8.42 Å². The van der Waals surface area contributed by atoms with Crippen LogP contribution in [0.3, 0.4) is 0 Å². The van der Waals surface area contributed by atoms with Gasteiger partial charge in [-0.3, -0.25) is 0 Å². The predicted molar refractivity (Wildman–Crippen MR) is 76.2 cm³/mol. The number of hydrogen-bond acceptors (Lipinski definition) is 3. The van der Waals surface area contributed by atoms with Gasteiger partial charge in [0.25, 0.3) is 0 Å². The van der Waals surface area contributed by atoms with Crippen LogP contribution < -0.4 is 10.5 Å². The summed E-state index contributed by atoms with van der Waals surface area (Å²) in [6.07, 6.45) is 0. The second kappa shape index (κ2) is 5.79. The number of anilines is 1. The van der Waals surface area contributed by atoms with Crippen LogP contribution in [-0.2, 0) is 10.0 Å². The molecular formula is C14H14F2N2O2S. The first-order chi connectivity index (χ1) is 9.77. The molecule has 0 saturated heterocycles. The van der Waals surface area contributed by atoms with E-state index in [1.165, 1.54) is 24.3 Å². The fourth-order valence-corrected chi connectivity index (χ4v) is 2.41. The van der Waals surface area contributed by atoms with Gasteiger partial charge in [0.2, 0.25) is 10.0 Å². The van der Waals surface area contributed by atoms with E-state index < -0.39 is 15.8 Å². The molecule has 21 heavy (non-hydrogen) atoms. The molecule has 0 amide bonds. The van der Waals surface area contributed by atoms with E-state index in [2.05, 4.69) is 5.32 Å². The van der Waals surface area contributed by atoms with Crippen molar-refractivity contribution in [3.8, 4) is 0 Å². The average Bonchev–Trinajstić information content (AvgIpc) is 2.39. The van der Waals surface area contributed by atoms with E-state index in [9.17, 15) is 17.2 Å². The van der Waals surface area contributed by atoms with Gasteiger partial charge in [-0.15, -0.1) is 0 Å². The number of halogens is 2. The zero-order valence-electron chi connectivity index (χ0n) is 11.2. The lowest BCUT2D eigenvalue weighted by molar-refractivity contribution is 0.592. The zero-order valence-corrected chi connectivity index (χ0v) is 12.0. The number of primary sulfonamides is 1. The summed E-state index contributed by atoms with van der Waals surface area (Å²) in [6.45, 7) is 1.74. The molecule has 2 rings (SSSR count). The second-order valence-corrected chi connectivity index (χ2v) is 6.17. The molecule has 4 nitrogen and oxygen atoms in total. The van der Waals surface area contributed by atoms with Crippen molar-refractivity contribution < 1.29 is 17.2 Å². The van der Waals surface area contributed by atoms with Crippen molar-refractivity contribution in [3.63, 3.8) is 0 Å². The Morgan fingerprint density at radius 3 is 2.43 bits per heavy atom. The lowest BCUT2D eigenvalue weighted by Gasteiger charge is -2.16. The summed E-state index contributed by atoms with van der Waals surface area (Å²) in [6, 6.07) is 8.91. The van der Waals surface area contributed by atoms with E-state index in [-0.39, 0.29) is 22.4 Å². The summed E-state index contributed by atoms with van der Waals surface area (Å²) >= 11 is 0. The third-order valence-corrected chi connectivity index (χ3v) is 3.90. The maximum Gasteiger partial charge on any atom is 0.238 e. The Labute approximate surface area is 121 Å². The van der Waals surface area contributed by atoms with Crippen LogP contribution in [0.1, 0.15) is 18.5 Å². The number of rotatable bonds is 4. The van der Waals surface area contributed by atoms with Gasteiger partial charge in [-0.1, -0.05) is 12.1 Å². The van der Waals surface area contributed by atoms with Gasteiger partial charge < -0.3 is 5.32 Å². The zero-order chi connectivity index (χ0) is 15.6. The molecule has 0 bridgehead atoms. The molecule has 1 unspecified atom stereocenters. The Morgan fingerprint density at radius 1 is 1.14 bits per heavy atom. The fraction of sp³-hybridized carbons (Fsp3) is 0.143. The second-order valence-electron chi connectivity index (χ2n) is 4.61. The van der Waals surface area contributed by atoms with Gasteiger partial charge in [0.15, 0.2) is 0 Å². The quantitative estimate of drug-likeness (QED) is 0.912. The lowest BCUT2D eigenvalue weighted by Crippen LogP contribution is -2.13. The first-order valence-electron chi connectivity index (χ1n) is 6.12. The van der Waals surface area contributed by atoms with Crippen molar-refractivity contribution in [2.24, 2.45) is 5.14 Å². The van der Waals surface area contributed by atoms with E-state index in [1.807, 2.05) is 0 Å². The molecule has 0 aromatic heterocycles. The molecule has 2 aromatic carbocycles. The van der Waals surface area contributed by atoms with E-state index in [0.29, 0.717) is 5.56 Å². The van der Waals surface area contributed by atoms with Gasteiger partial charge >= 0.3 is 0 Å². The molecule has 3 N–H and O–H groups in total. The molecule has 0 radical (unpaired) electrons. The maximum absolute atomic E-state index is 13.9. The highest BCUT2D eigenvalue weighted by molar-refractivity contribution is 7.89. The third-order valence-electron chi connectivity index (χ3n) is 2.99. The molecule has 0 saturated carbocycles. The van der Waals surface area contributed by atoms with Crippen LogP contribution in [0.4, 0.5) is 14.5 Å². The highest BCUT2D eigenvalue weighted by Gasteiger charge is 2.13. The van der Waals surface area contributed by atoms with E-state index >= 15 is 0 Å². The predicted octanol–water partition coefficient (Wildman–Crippen LogP) is 2.79. The van der Waals surface area contributed by atoms with Gasteiger partial charge in [-0.05, 0) is 42.8 Å². The van der Waals surface area contributed by atoms with Crippen molar-refractivity contribution >= 4 is 15.7 Å². The van der Waals surface area contributed by atoms with Gasteiger partial charge in [-0.2, -0.15) is 0 Å². The third kappa shape index (κ3) is 3.77. The molecule has 7 heteroatoms. The normalized spacial score (nSPS) is 13.0. The van der Waals surface area contributed by atoms with E-state index in [4.69, 9.17) is 5.14 Å². The monoisotopic (exact) mass is 312 g/mol. The topological polar surface area (TPSA) is 72.2 Å². The van der Waals surface area contributed by atoms with Gasteiger partial charge in [0, 0.05) is 6.04 Å². The molecule has 112 valence electrons. The van der Waals surface area contributed by atoms with Crippen LogP contribution in [0.5, 0.6) is 0 Å². The molecule has 0 spiro atoms. The molecular weight excluding hydrogens is 298 g/mol. The van der Waals surface area contributed by atoms with Gasteiger partial charge in [-0.25, -0.2) is 22.3 Å². The largest absolute Gasteiger partial charge is 0.376 e. The Kier molecular flexibility index (Phi) is 4.24. The minimum absolute atomic E-state index is 0.110. The Balaban J connectivity index is 2.24. The first-order valence-corrected chi connectivity index (χ1v) is 7.66. The maximum atomic E-state index is 13.9. The molecule has 0 aliphatic rings. The standard InChI is InChI=1S/C14H14F2N2O2S/c1-9(10-3-2-4-11(15)7-10)18-14-6-5-12(8-13(14)16)21(17,19)20/h2-9,18H,1H3,(H2,17,19,20). The van der Waals surface area contributed by atoms with Gasteiger partial charge in [0.05, 0.1) is 10.6 Å². The molecule has 0 heterocycles. The van der Waals surface area contributed by atoms with Crippen molar-refractivity contribution in [2.75, 3.05) is 5.32 Å². The minimum Gasteiger partial charge on any atom is -0.376 e. The fourth-order valence-electron chi connectivity index (χ4n) is 1.88. The summed E-state index contributed by atoms with van der Waals surface area (Å²) in [5.74, 6) is -1.13. The highest BCUT2D eigenvalue weighted by Crippen LogP contribution is 2.24. The summed E-state index contributed by atoms with van der Waals surface area (Å²) < 4.78 is 49.3. The minimum atomic E-state index is -3.95. The van der Waals surface area contributed by atoms with Crippen LogP contribution >= 0.6 is 0 Å². The van der Waals surface area contributed by atoms with Crippen LogP contribution in [0.15, 0.2) is 47.4 Å². The molecule has 1 atom stereocenters. The SMILES string of the molecule is CC(Nc1ccc(S(N)(=O)=O)cc1F)c1cccc(F)c1. The number of nitrogens with two attached hydrogens (primary N) is 1. The molecule has 0 aliphatic carbocycles. The van der Waals surface area contributed by atoms with Crippen LogP contribution in [0.25, 0.3) is 0 Å². The van der Waals surface area contributed by atoms with E-state index in [0.717, 1.165) is 6.07 Å². The summed E-state index contributed by atoms with van der Waals surface area (Å²) in [5.41, 5.74) is 0.754. The van der Waals surface area contributed by atoms with Crippen LogP contribution in [0.2, 0.25) is 0 Å². The Bertz CT molecular complexity index is 763. The average molecular weight is 312 g/mol. The van der Waals surface area contributed by atoms with Crippen molar-refractivity contribution in [2.45, 2.75) is 17.9 Å².